The van der Waals surface area contributed by atoms with E-state index in [1.165, 1.54) is 50.2 Å². The number of hydrogen-bond acceptors (Lipinski definition) is 9. The maximum atomic E-state index is 13.0. The molecule has 0 saturated heterocycles. The van der Waals surface area contributed by atoms with Gasteiger partial charge in [-0.1, -0.05) is 54.1 Å². The van der Waals surface area contributed by atoms with Crippen molar-refractivity contribution in [3.63, 3.8) is 0 Å². The molecule has 0 spiro atoms. The van der Waals surface area contributed by atoms with Gasteiger partial charge >= 0.3 is 11.9 Å². The van der Waals surface area contributed by atoms with Crippen molar-refractivity contribution < 1.29 is 48.5 Å². The van der Waals surface area contributed by atoms with Crippen molar-refractivity contribution in [2.45, 2.75) is 32.2 Å². The zero-order chi connectivity index (χ0) is 35.1. The Balaban J connectivity index is 1.32. The number of rotatable bonds is 11. The monoisotopic (exact) mass is 685 g/mol. The van der Waals surface area contributed by atoms with Crippen molar-refractivity contribution in [2.75, 3.05) is 13.2 Å². The van der Waals surface area contributed by atoms with Gasteiger partial charge < -0.3 is 25.0 Å². The largest absolute Gasteiger partial charge is 0.478 e. The summed E-state index contributed by atoms with van der Waals surface area (Å²) in [6.07, 6.45) is -2.32. The Morgan fingerprint density at radius 3 is 1.37 bits per heavy atom. The fraction of sp³-hybridized carbons (Fsp3) is 0.200. The summed E-state index contributed by atoms with van der Waals surface area (Å²) in [6, 6.07) is 18.7. The fourth-order valence-corrected chi connectivity index (χ4v) is 6.44. The lowest BCUT2D eigenvalue weighted by Gasteiger charge is -2.33. The average Bonchev–Trinajstić information content (AvgIpc) is 3.49. The summed E-state index contributed by atoms with van der Waals surface area (Å²) in [6.45, 7) is 1.87. The Bertz CT molecular complexity index is 1830. The Morgan fingerprint density at radius 2 is 1.02 bits per heavy atom. The van der Waals surface area contributed by atoms with Gasteiger partial charge in [-0.05, 0) is 49.7 Å². The zero-order valence-corrected chi connectivity index (χ0v) is 26.8. The van der Waals surface area contributed by atoms with Gasteiger partial charge in [-0.25, -0.2) is 19.4 Å². The van der Waals surface area contributed by atoms with Crippen LogP contribution in [-0.2, 0) is 19.1 Å². The standard InChI is InChI=1S/C35H28ClN3O10/c1-17(38-30(40)19-9-3-4-10-20(19)31(38)41)48-15-25-28(34(44)45)27(23-13-7-8-14-24(23)36)29(35(46)47)26(37-25)16-49-18(2)39-32(42)21-11-5-6-12-22(21)33(39)43/h3-14,17-18,27,37H,15-16H2,1-2H3,(H,44,45)(H,46,47). The normalized spacial score (nSPS) is 18.5. The molecule has 3 aromatic rings. The van der Waals surface area contributed by atoms with E-state index in [9.17, 15) is 39.0 Å². The van der Waals surface area contributed by atoms with E-state index < -0.39 is 78.3 Å². The Kier molecular flexibility index (Phi) is 8.90. The first kappa shape index (κ1) is 33.3. The number of carboxylic acids is 2. The van der Waals surface area contributed by atoms with Crippen LogP contribution in [0.3, 0.4) is 0 Å². The molecule has 0 aromatic heterocycles. The number of carbonyl (C=O) groups excluding carboxylic acids is 4. The highest BCUT2D eigenvalue weighted by Crippen LogP contribution is 2.41. The molecule has 2 unspecified atom stereocenters. The molecule has 6 rings (SSSR count). The molecule has 14 heteroatoms. The number of nitrogens with one attached hydrogen (secondary N) is 1. The number of fused-ring (bicyclic) bond motifs is 2. The lowest BCUT2D eigenvalue weighted by atomic mass is 9.80. The van der Waals surface area contributed by atoms with Crippen molar-refractivity contribution in [2.24, 2.45) is 0 Å². The summed E-state index contributed by atoms with van der Waals surface area (Å²) >= 11 is 6.50. The topological polar surface area (TPSA) is 180 Å². The first-order chi connectivity index (χ1) is 23.4. The number of halogens is 1. The highest BCUT2D eigenvalue weighted by molar-refractivity contribution is 6.31. The molecule has 0 saturated carbocycles. The Labute approximate surface area is 284 Å². The second kappa shape index (κ2) is 13.1. The summed E-state index contributed by atoms with van der Waals surface area (Å²) in [5.74, 6) is -6.76. The van der Waals surface area contributed by atoms with Gasteiger partial charge in [-0.3, -0.25) is 19.2 Å². The van der Waals surface area contributed by atoms with Crippen LogP contribution in [-0.4, -0.2) is 81.2 Å². The van der Waals surface area contributed by atoms with Gasteiger partial charge in [0.2, 0.25) is 0 Å². The van der Waals surface area contributed by atoms with E-state index in [4.69, 9.17) is 21.1 Å². The highest BCUT2D eigenvalue weighted by atomic mass is 35.5. The maximum absolute atomic E-state index is 13.0. The summed E-state index contributed by atoms with van der Waals surface area (Å²) in [7, 11) is 0. The Morgan fingerprint density at radius 1 is 0.673 bits per heavy atom. The van der Waals surface area contributed by atoms with E-state index in [2.05, 4.69) is 5.32 Å². The number of aliphatic carboxylic acids is 2. The molecule has 3 aromatic carbocycles. The third-order valence-corrected chi connectivity index (χ3v) is 8.87. The summed E-state index contributed by atoms with van der Waals surface area (Å²) < 4.78 is 11.8. The van der Waals surface area contributed by atoms with Crippen molar-refractivity contribution in [3.8, 4) is 0 Å². The molecule has 3 aliphatic rings. The van der Waals surface area contributed by atoms with Gasteiger partial charge in [0.05, 0.1) is 63.9 Å². The number of amides is 4. The first-order valence-corrected chi connectivity index (χ1v) is 15.4. The van der Waals surface area contributed by atoms with Crippen molar-refractivity contribution in [1.29, 1.82) is 0 Å². The molecule has 0 radical (unpaired) electrons. The number of dihydropyridines is 1. The molecule has 0 aliphatic carbocycles. The summed E-state index contributed by atoms with van der Waals surface area (Å²) in [4.78, 5) is 79.7. The van der Waals surface area contributed by atoms with E-state index in [1.54, 1.807) is 36.4 Å². The van der Waals surface area contributed by atoms with Crippen molar-refractivity contribution in [3.05, 3.63) is 128 Å². The quantitative estimate of drug-likeness (QED) is 0.248. The molecule has 0 bridgehead atoms. The Hall–Kier alpha value is -5.63. The van der Waals surface area contributed by atoms with Crippen LogP contribution in [0.15, 0.2) is 95.3 Å². The van der Waals surface area contributed by atoms with Crippen LogP contribution in [0.4, 0.5) is 0 Å². The minimum absolute atomic E-state index is 0.0891. The van der Waals surface area contributed by atoms with Crippen LogP contribution in [0.2, 0.25) is 5.02 Å². The number of imide groups is 2. The number of carboxylic acid groups (broad SMARTS) is 2. The van der Waals surface area contributed by atoms with Crippen LogP contribution in [0.1, 0.15) is 66.8 Å². The second-order valence-corrected chi connectivity index (χ2v) is 11.8. The van der Waals surface area contributed by atoms with Gasteiger partial charge in [0.1, 0.15) is 12.5 Å². The van der Waals surface area contributed by atoms with Crippen LogP contribution >= 0.6 is 11.6 Å². The second-order valence-electron chi connectivity index (χ2n) is 11.3. The third-order valence-electron chi connectivity index (χ3n) is 8.52. The smallest absolute Gasteiger partial charge is 0.334 e. The SMILES string of the molecule is CC(OCC1=C(C(=O)O)C(c2ccccc2Cl)C(C(=O)O)=C(COC(C)N2C(=O)c3ccccc3C2=O)N1)N1C(=O)c2ccccc2C1=O. The predicted molar refractivity (Wildman–Crippen MR) is 171 cm³/mol. The summed E-state index contributed by atoms with van der Waals surface area (Å²) in [5, 5.41) is 23.8. The molecular formula is C35H28ClN3O10. The van der Waals surface area contributed by atoms with Crippen LogP contribution in [0.5, 0.6) is 0 Å². The predicted octanol–water partition coefficient (Wildman–Crippen LogP) is 4.02. The van der Waals surface area contributed by atoms with Gasteiger partial charge in [0.25, 0.3) is 23.6 Å². The van der Waals surface area contributed by atoms with Crippen LogP contribution in [0, 0.1) is 0 Å². The molecule has 3 N–H and O–H groups in total. The molecule has 49 heavy (non-hydrogen) atoms. The number of ether oxygens (including phenoxy) is 2. The van der Waals surface area contributed by atoms with E-state index in [0.29, 0.717) is 0 Å². The fourth-order valence-electron chi connectivity index (χ4n) is 6.20. The first-order valence-electron chi connectivity index (χ1n) is 15.0. The van der Waals surface area contributed by atoms with Crippen LogP contribution in [0.25, 0.3) is 0 Å². The van der Waals surface area contributed by atoms with Gasteiger partial charge in [-0.2, -0.15) is 0 Å². The molecule has 3 heterocycles. The van der Waals surface area contributed by atoms with E-state index >= 15 is 0 Å². The zero-order valence-electron chi connectivity index (χ0n) is 26.0. The van der Waals surface area contributed by atoms with Gasteiger partial charge in [-0.15, -0.1) is 0 Å². The molecule has 3 aliphatic heterocycles. The molecule has 2 atom stereocenters. The molecule has 250 valence electrons. The third kappa shape index (κ3) is 5.77. The van der Waals surface area contributed by atoms with Crippen molar-refractivity contribution >= 4 is 47.2 Å². The molecule has 4 amide bonds. The number of benzene rings is 3. The van der Waals surface area contributed by atoms with Crippen molar-refractivity contribution in [1.82, 2.24) is 15.1 Å². The summed E-state index contributed by atoms with van der Waals surface area (Å²) in [5.41, 5.74) is -0.0538. The van der Waals surface area contributed by atoms with Crippen LogP contribution < -0.4 is 5.32 Å². The molecule has 13 nitrogen and oxygen atoms in total. The minimum atomic E-state index is -1.48. The van der Waals surface area contributed by atoms with E-state index in [0.717, 1.165) is 9.80 Å². The van der Waals surface area contributed by atoms with E-state index in [1.807, 2.05) is 0 Å². The molecule has 0 fully saturated rings. The maximum Gasteiger partial charge on any atom is 0.334 e. The lowest BCUT2D eigenvalue weighted by molar-refractivity contribution is -0.133. The lowest BCUT2D eigenvalue weighted by Crippen LogP contribution is -2.43. The highest BCUT2D eigenvalue weighted by Gasteiger charge is 2.43. The van der Waals surface area contributed by atoms with E-state index in [-0.39, 0.29) is 44.2 Å². The molecular weight excluding hydrogens is 658 g/mol. The van der Waals surface area contributed by atoms with Gasteiger partial charge in [0.15, 0.2) is 0 Å². The average molecular weight is 686 g/mol. The number of carbonyl (C=O) groups is 6. The van der Waals surface area contributed by atoms with Gasteiger partial charge in [0, 0.05) is 5.02 Å². The minimum Gasteiger partial charge on any atom is -0.478 e. The number of nitrogens with zero attached hydrogens (tertiary/aromatic N) is 2. The number of hydrogen-bond donors (Lipinski definition) is 3.